The van der Waals surface area contributed by atoms with Crippen molar-refractivity contribution in [1.82, 2.24) is 14.8 Å². The van der Waals surface area contributed by atoms with Crippen molar-refractivity contribution >= 4 is 11.6 Å². The normalized spacial score (nSPS) is 11.6. The SMILES string of the molecule is Cc1cc(-n2ncc(=O)[nH]c2=O)cc(Cl)c1Cc1ccc(C(C)(C)O)cc1. The van der Waals surface area contributed by atoms with Gasteiger partial charge in [-0.1, -0.05) is 35.9 Å². The summed E-state index contributed by atoms with van der Waals surface area (Å²) in [6, 6.07) is 11.2. The van der Waals surface area contributed by atoms with E-state index in [4.69, 9.17) is 11.6 Å². The van der Waals surface area contributed by atoms with E-state index in [-0.39, 0.29) is 0 Å². The summed E-state index contributed by atoms with van der Waals surface area (Å²) in [5, 5.41) is 14.4. The highest BCUT2D eigenvalue weighted by molar-refractivity contribution is 6.31. The summed E-state index contributed by atoms with van der Waals surface area (Å²) in [7, 11) is 0. The molecule has 3 aromatic rings. The first-order valence-corrected chi connectivity index (χ1v) is 8.83. The molecule has 27 heavy (non-hydrogen) atoms. The first kappa shape index (κ1) is 19.1. The second-order valence-corrected chi connectivity index (χ2v) is 7.41. The Hall–Kier alpha value is -2.70. The Morgan fingerprint density at radius 2 is 1.85 bits per heavy atom. The topological polar surface area (TPSA) is 88.0 Å². The van der Waals surface area contributed by atoms with Crippen LogP contribution in [0.5, 0.6) is 0 Å². The fourth-order valence-electron chi connectivity index (χ4n) is 2.87. The van der Waals surface area contributed by atoms with Crippen LogP contribution in [-0.4, -0.2) is 19.9 Å². The highest BCUT2D eigenvalue weighted by atomic mass is 35.5. The smallest absolute Gasteiger partial charge is 0.349 e. The van der Waals surface area contributed by atoms with Crippen LogP contribution in [0.2, 0.25) is 5.02 Å². The number of benzene rings is 2. The third kappa shape index (κ3) is 4.18. The van der Waals surface area contributed by atoms with Crippen molar-refractivity contribution in [2.75, 3.05) is 0 Å². The second kappa shape index (κ2) is 7.13. The zero-order valence-electron chi connectivity index (χ0n) is 15.3. The number of halogens is 1. The maximum Gasteiger partial charge on any atom is 0.349 e. The van der Waals surface area contributed by atoms with Crippen molar-refractivity contribution in [3.63, 3.8) is 0 Å². The molecule has 0 aliphatic rings. The van der Waals surface area contributed by atoms with Crippen LogP contribution >= 0.6 is 11.6 Å². The number of nitrogens with zero attached hydrogens (tertiary/aromatic N) is 2. The largest absolute Gasteiger partial charge is 0.386 e. The fourth-order valence-corrected chi connectivity index (χ4v) is 3.20. The van der Waals surface area contributed by atoms with E-state index >= 15 is 0 Å². The third-order valence-corrected chi connectivity index (χ3v) is 4.74. The Bertz CT molecular complexity index is 1070. The molecular weight excluding hydrogens is 366 g/mol. The van der Waals surface area contributed by atoms with Crippen molar-refractivity contribution in [3.05, 3.63) is 90.7 Å². The first-order valence-electron chi connectivity index (χ1n) is 8.45. The molecule has 140 valence electrons. The van der Waals surface area contributed by atoms with Crippen LogP contribution in [0.25, 0.3) is 5.69 Å². The van der Waals surface area contributed by atoms with Crippen LogP contribution in [0.15, 0.2) is 52.2 Å². The molecule has 0 spiro atoms. The summed E-state index contributed by atoms with van der Waals surface area (Å²) in [6.45, 7) is 5.40. The van der Waals surface area contributed by atoms with E-state index in [2.05, 4.69) is 10.1 Å². The van der Waals surface area contributed by atoms with Crippen molar-refractivity contribution in [1.29, 1.82) is 0 Å². The van der Waals surface area contributed by atoms with E-state index < -0.39 is 16.9 Å². The molecule has 2 aromatic carbocycles. The molecular formula is C20H20ClN3O3. The highest BCUT2D eigenvalue weighted by Crippen LogP contribution is 2.27. The van der Waals surface area contributed by atoms with E-state index in [1.54, 1.807) is 26.0 Å². The Kier molecular flexibility index (Phi) is 5.04. The summed E-state index contributed by atoms with van der Waals surface area (Å²) < 4.78 is 1.10. The van der Waals surface area contributed by atoms with Gasteiger partial charge in [-0.3, -0.25) is 9.78 Å². The van der Waals surface area contributed by atoms with Gasteiger partial charge in [0.05, 0.1) is 11.3 Å². The van der Waals surface area contributed by atoms with Crippen LogP contribution in [-0.2, 0) is 12.0 Å². The van der Waals surface area contributed by atoms with Gasteiger partial charge in [-0.25, -0.2) is 4.79 Å². The minimum atomic E-state index is -0.884. The summed E-state index contributed by atoms with van der Waals surface area (Å²) in [5.41, 5.74) is 2.17. The molecule has 3 rings (SSSR count). The lowest BCUT2D eigenvalue weighted by molar-refractivity contribution is 0.0786. The maximum atomic E-state index is 11.9. The zero-order valence-corrected chi connectivity index (χ0v) is 16.0. The van der Waals surface area contributed by atoms with E-state index in [0.29, 0.717) is 17.1 Å². The molecule has 0 unspecified atom stereocenters. The molecule has 0 amide bonds. The predicted molar refractivity (Wildman–Crippen MR) is 105 cm³/mol. The van der Waals surface area contributed by atoms with Gasteiger partial charge >= 0.3 is 5.69 Å². The lowest BCUT2D eigenvalue weighted by Crippen LogP contribution is -2.30. The van der Waals surface area contributed by atoms with Gasteiger partial charge in [0.2, 0.25) is 0 Å². The second-order valence-electron chi connectivity index (χ2n) is 7.01. The van der Waals surface area contributed by atoms with Gasteiger partial charge in [0.15, 0.2) is 0 Å². The number of H-pyrrole nitrogens is 1. The maximum absolute atomic E-state index is 11.9. The van der Waals surface area contributed by atoms with Gasteiger partial charge in [-0.05, 0) is 61.6 Å². The number of aryl methyl sites for hydroxylation is 1. The number of nitrogens with one attached hydrogen (secondary N) is 1. The van der Waals surface area contributed by atoms with Crippen molar-refractivity contribution in [3.8, 4) is 5.69 Å². The van der Waals surface area contributed by atoms with E-state index in [0.717, 1.165) is 33.1 Å². The van der Waals surface area contributed by atoms with Gasteiger partial charge in [0.1, 0.15) is 6.20 Å². The number of aromatic amines is 1. The molecule has 1 heterocycles. The van der Waals surface area contributed by atoms with Gasteiger partial charge in [0, 0.05) is 5.02 Å². The number of hydrogen-bond acceptors (Lipinski definition) is 4. The molecule has 0 aliphatic carbocycles. The number of hydrogen-bond donors (Lipinski definition) is 2. The molecule has 0 atom stereocenters. The summed E-state index contributed by atoms with van der Waals surface area (Å²) in [6.07, 6.45) is 1.66. The van der Waals surface area contributed by atoms with Crippen LogP contribution in [0.4, 0.5) is 0 Å². The van der Waals surface area contributed by atoms with Gasteiger partial charge < -0.3 is 5.11 Å². The summed E-state index contributed by atoms with van der Waals surface area (Å²) >= 11 is 6.47. The highest BCUT2D eigenvalue weighted by Gasteiger charge is 2.16. The standard InChI is InChI=1S/C20H20ClN3O3/c1-12-8-15(24-19(26)23-18(25)11-22-24)10-17(21)16(12)9-13-4-6-14(7-5-13)20(2,3)27/h4-8,10-11,27H,9H2,1-3H3,(H,23,25,26). The van der Waals surface area contributed by atoms with Crippen LogP contribution in [0.1, 0.15) is 36.1 Å². The minimum Gasteiger partial charge on any atom is -0.386 e. The van der Waals surface area contributed by atoms with E-state index in [1.165, 1.54) is 0 Å². The average molecular weight is 386 g/mol. The lowest BCUT2D eigenvalue weighted by atomic mass is 9.94. The number of aromatic nitrogens is 3. The molecule has 7 heteroatoms. The minimum absolute atomic E-state index is 0.486. The summed E-state index contributed by atoms with van der Waals surface area (Å²) in [5.74, 6) is 0. The molecule has 2 N–H and O–H groups in total. The molecule has 1 aromatic heterocycles. The molecule has 6 nitrogen and oxygen atoms in total. The molecule has 0 fully saturated rings. The Labute approximate surface area is 161 Å². The Morgan fingerprint density at radius 1 is 1.19 bits per heavy atom. The zero-order chi connectivity index (χ0) is 19.8. The lowest BCUT2D eigenvalue weighted by Gasteiger charge is -2.18. The quantitative estimate of drug-likeness (QED) is 0.722. The van der Waals surface area contributed by atoms with Gasteiger partial charge in [-0.15, -0.1) is 0 Å². The Morgan fingerprint density at radius 3 is 2.41 bits per heavy atom. The number of rotatable bonds is 4. The molecule has 0 bridgehead atoms. The predicted octanol–water partition coefficient (Wildman–Crippen LogP) is 2.70. The van der Waals surface area contributed by atoms with Crippen molar-refractivity contribution < 1.29 is 5.11 Å². The first-order chi connectivity index (χ1) is 12.6. The van der Waals surface area contributed by atoms with E-state index in [9.17, 15) is 14.7 Å². The van der Waals surface area contributed by atoms with Crippen LogP contribution in [0, 0.1) is 6.92 Å². The van der Waals surface area contributed by atoms with E-state index in [1.807, 2.05) is 31.2 Å². The monoisotopic (exact) mass is 385 g/mol. The number of aliphatic hydroxyl groups is 1. The molecule has 0 saturated carbocycles. The molecule has 0 radical (unpaired) electrons. The summed E-state index contributed by atoms with van der Waals surface area (Å²) in [4.78, 5) is 25.3. The van der Waals surface area contributed by atoms with Crippen molar-refractivity contribution in [2.45, 2.75) is 32.8 Å². The fraction of sp³-hybridized carbons (Fsp3) is 0.250. The van der Waals surface area contributed by atoms with Crippen molar-refractivity contribution in [2.24, 2.45) is 0 Å². The van der Waals surface area contributed by atoms with Gasteiger partial charge in [0.25, 0.3) is 5.56 Å². The third-order valence-electron chi connectivity index (χ3n) is 4.40. The average Bonchev–Trinajstić information content (AvgIpc) is 2.57. The van der Waals surface area contributed by atoms with Crippen LogP contribution < -0.4 is 11.2 Å². The molecule has 0 aliphatic heterocycles. The van der Waals surface area contributed by atoms with Crippen LogP contribution in [0.3, 0.4) is 0 Å². The Balaban J connectivity index is 1.94. The van der Waals surface area contributed by atoms with Gasteiger partial charge in [-0.2, -0.15) is 9.78 Å². The molecule has 0 saturated heterocycles.